The molecule has 0 heterocycles. The van der Waals surface area contributed by atoms with E-state index in [1.54, 1.807) is 0 Å². The summed E-state index contributed by atoms with van der Waals surface area (Å²) in [6, 6.07) is 16.2. The molecule has 0 fully saturated rings. The molecule has 0 atom stereocenters. The van der Waals surface area contributed by atoms with Crippen LogP contribution in [-0.2, 0) is 0 Å². The maximum absolute atomic E-state index is 5.84. The minimum atomic E-state index is -1.21. The van der Waals surface area contributed by atoms with E-state index in [0.717, 1.165) is 16.1 Å². The molecule has 0 aliphatic heterocycles. The van der Waals surface area contributed by atoms with Crippen molar-refractivity contribution < 1.29 is 0 Å². The Bertz CT molecular complexity index is 608. The molecular formula is C17H17ClSi. The Balaban J connectivity index is 2.19. The molecule has 0 aliphatic rings. The predicted octanol–water partition coefficient (Wildman–Crippen LogP) is 4.29. The Morgan fingerprint density at radius 2 is 1.16 bits per heavy atom. The van der Waals surface area contributed by atoms with Crippen LogP contribution in [0.25, 0.3) is 0 Å². The molecular weight excluding hydrogens is 268 g/mol. The summed E-state index contributed by atoms with van der Waals surface area (Å²) < 4.78 is 0. The van der Waals surface area contributed by atoms with Gasteiger partial charge >= 0.3 is 0 Å². The summed E-state index contributed by atoms with van der Waals surface area (Å²) >= 11 is 5.84. The van der Waals surface area contributed by atoms with E-state index in [0.29, 0.717) is 0 Å². The number of rotatable bonds is 1. The van der Waals surface area contributed by atoms with Crippen LogP contribution in [0.5, 0.6) is 0 Å². The van der Waals surface area contributed by atoms with E-state index in [1.807, 2.05) is 24.3 Å². The highest BCUT2D eigenvalue weighted by Crippen LogP contribution is 2.09. The number of hydrogen-bond donors (Lipinski definition) is 0. The molecule has 0 amide bonds. The van der Waals surface area contributed by atoms with Crippen LogP contribution in [0.15, 0.2) is 48.5 Å². The smallest absolute Gasteiger partial charge is 0.0775 e. The van der Waals surface area contributed by atoms with Crippen molar-refractivity contribution in [1.29, 1.82) is 0 Å². The molecule has 2 aromatic carbocycles. The van der Waals surface area contributed by atoms with Crippen molar-refractivity contribution in [2.24, 2.45) is 0 Å². The second kappa shape index (κ2) is 5.65. The first-order chi connectivity index (χ1) is 8.95. The van der Waals surface area contributed by atoms with Crippen molar-refractivity contribution in [1.82, 2.24) is 0 Å². The molecule has 96 valence electrons. The van der Waals surface area contributed by atoms with Crippen molar-refractivity contribution in [2.75, 3.05) is 0 Å². The van der Waals surface area contributed by atoms with Gasteiger partial charge in [0.1, 0.15) is 0 Å². The lowest BCUT2D eigenvalue weighted by Crippen LogP contribution is -2.37. The summed E-state index contributed by atoms with van der Waals surface area (Å²) in [5.41, 5.74) is 2.04. The normalized spacial score (nSPS) is 10.7. The molecule has 0 bridgehead atoms. The molecule has 2 aromatic rings. The zero-order valence-corrected chi connectivity index (χ0v) is 13.3. The van der Waals surface area contributed by atoms with Crippen molar-refractivity contribution in [3.63, 3.8) is 0 Å². The second-order valence-electron chi connectivity index (χ2n) is 5.58. The average Bonchev–Trinajstić information content (AvgIpc) is 2.37. The van der Waals surface area contributed by atoms with Crippen molar-refractivity contribution in [3.05, 3.63) is 64.7 Å². The van der Waals surface area contributed by atoms with Crippen LogP contribution in [0.4, 0.5) is 0 Å². The van der Waals surface area contributed by atoms with E-state index >= 15 is 0 Å². The zero-order valence-electron chi connectivity index (χ0n) is 11.5. The minimum absolute atomic E-state index is 0.741. The first-order valence-electron chi connectivity index (χ1n) is 6.33. The Morgan fingerprint density at radius 3 is 1.58 bits per heavy atom. The molecule has 0 spiro atoms. The minimum Gasteiger partial charge on any atom is -0.0843 e. The summed E-state index contributed by atoms with van der Waals surface area (Å²) in [4.78, 5) is 0. The van der Waals surface area contributed by atoms with Crippen molar-refractivity contribution >= 4 is 24.9 Å². The van der Waals surface area contributed by atoms with Gasteiger partial charge in [-0.25, -0.2) is 0 Å². The zero-order chi connectivity index (χ0) is 13.9. The molecule has 0 saturated heterocycles. The van der Waals surface area contributed by atoms with Crippen molar-refractivity contribution in [3.8, 4) is 11.8 Å². The van der Waals surface area contributed by atoms with Crippen LogP contribution < -0.4 is 5.19 Å². The van der Waals surface area contributed by atoms with Crippen LogP contribution in [-0.4, -0.2) is 8.07 Å². The molecule has 0 N–H and O–H groups in total. The summed E-state index contributed by atoms with van der Waals surface area (Å²) in [7, 11) is -1.21. The highest BCUT2D eigenvalue weighted by molar-refractivity contribution is 6.88. The third-order valence-electron chi connectivity index (χ3n) is 2.95. The van der Waals surface area contributed by atoms with Gasteiger partial charge in [-0.3, -0.25) is 0 Å². The maximum Gasteiger partial charge on any atom is 0.0775 e. The monoisotopic (exact) mass is 284 g/mol. The molecule has 0 saturated carbocycles. The summed E-state index contributed by atoms with van der Waals surface area (Å²) in [5.74, 6) is 6.33. The average molecular weight is 285 g/mol. The van der Waals surface area contributed by atoms with Gasteiger partial charge < -0.3 is 0 Å². The van der Waals surface area contributed by atoms with E-state index in [1.165, 1.54) is 5.19 Å². The molecule has 2 rings (SSSR count). The number of benzene rings is 2. The van der Waals surface area contributed by atoms with Gasteiger partial charge in [-0.15, -0.1) is 0 Å². The van der Waals surface area contributed by atoms with E-state index in [-0.39, 0.29) is 0 Å². The first kappa shape index (κ1) is 13.9. The van der Waals surface area contributed by atoms with E-state index in [2.05, 4.69) is 55.7 Å². The molecule has 0 unspecified atom stereocenters. The van der Waals surface area contributed by atoms with Gasteiger partial charge in [0.2, 0.25) is 0 Å². The summed E-state index contributed by atoms with van der Waals surface area (Å²) in [5, 5.41) is 2.20. The van der Waals surface area contributed by atoms with Crippen LogP contribution in [0.3, 0.4) is 0 Å². The molecule has 0 radical (unpaired) electrons. The fourth-order valence-corrected chi connectivity index (χ4v) is 3.02. The van der Waals surface area contributed by atoms with Gasteiger partial charge in [0.05, 0.1) is 8.07 Å². The molecule has 19 heavy (non-hydrogen) atoms. The number of halogens is 1. The standard InChI is InChI=1S/C17H17ClSi/c1-19(2,3)17-12-8-15(9-13-17)5-4-14-6-10-16(18)11-7-14/h6-13H,1-3H3. The Hall–Kier alpha value is -1.49. The first-order valence-corrected chi connectivity index (χ1v) is 10.2. The lowest BCUT2D eigenvalue weighted by molar-refractivity contribution is 1.62. The highest BCUT2D eigenvalue weighted by atomic mass is 35.5. The molecule has 2 heteroatoms. The SMILES string of the molecule is C[Si](C)(C)c1ccc(C#Cc2ccc(Cl)cc2)cc1. The lowest BCUT2D eigenvalue weighted by Gasteiger charge is -2.15. The van der Waals surface area contributed by atoms with Crippen LogP contribution in [0, 0.1) is 11.8 Å². The quantitative estimate of drug-likeness (QED) is 0.541. The van der Waals surface area contributed by atoms with Gasteiger partial charge in [0.15, 0.2) is 0 Å². The fourth-order valence-electron chi connectivity index (χ4n) is 1.73. The van der Waals surface area contributed by atoms with Crippen LogP contribution in [0.2, 0.25) is 24.7 Å². The van der Waals surface area contributed by atoms with Gasteiger partial charge in [0.25, 0.3) is 0 Å². The molecule has 0 nitrogen and oxygen atoms in total. The maximum atomic E-state index is 5.84. The van der Waals surface area contributed by atoms with Gasteiger partial charge in [-0.1, -0.05) is 60.4 Å². The predicted molar refractivity (Wildman–Crippen MR) is 86.9 cm³/mol. The van der Waals surface area contributed by atoms with E-state index < -0.39 is 8.07 Å². The van der Waals surface area contributed by atoms with E-state index in [4.69, 9.17) is 11.6 Å². The Labute approximate surface area is 121 Å². The third-order valence-corrected chi connectivity index (χ3v) is 5.26. The van der Waals surface area contributed by atoms with Gasteiger partial charge in [-0.2, -0.15) is 0 Å². The third kappa shape index (κ3) is 3.99. The Kier molecular flexibility index (Phi) is 4.14. The van der Waals surface area contributed by atoms with Gasteiger partial charge in [-0.05, 0) is 36.4 Å². The summed E-state index contributed by atoms with van der Waals surface area (Å²) in [6.07, 6.45) is 0. The topological polar surface area (TPSA) is 0 Å². The summed E-state index contributed by atoms with van der Waals surface area (Å²) in [6.45, 7) is 7.05. The number of hydrogen-bond acceptors (Lipinski definition) is 0. The van der Waals surface area contributed by atoms with Crippen LogP contribution >= 0.6 is 11.6 Å². The lowest BCUT2D eigenvalue weighted by atomic mass is 10.2. The van der Waals surface area contributed by atoms with Crippen molar-refractivity contribution in [2.45, 2.75) is 19.6 Å². The van der Waals surface area contributed by atoms with E-state index in [9.17, 15) is 0 Å². The highest BCUT2D eigenvalue weighted by Gasteiger charge is 2.15. The van der Waals surface area contributed by atoms with Gasteiger partial charge in [0, 0.05) is 16.1 Å². The van der Waals surface area contributed by atoms with Crippen LogP contribution in [0.1, 0.15) is 11.1 Å². The molecule has 0 aliphatic carbocycles. The second-order valence-corrected chi connectivity index (χ2v) is 11.1. The Morgan fingerprint density at radius 1 is 0.737 bits per heavy atom. The fraction of sp³-hybridized carbons (Fsp3) is 0.176. The largest absolute Gasteiger partial charge is 0.0843 e. The molecule has 0 aromatic heterocycles.